The molecule has 10 atom stereocenters. The summed E-state index contributed by atoms with van der Waals surface area (Å²) in [5.41, 5.74) is -2.35. The normalized spacial score (nSPS) is 41.0. The lowest BCUT2D eigenvalue weighted by molar-refractivity contribution is -0.354. The van der Waals surface area contributed by atoms with Gasteiger partial charge in [0.05, 0.1) is 30.3 Å². The molecular formula is C31H40O10. The Morgan fingerprint density at radius 2 is 1.61 bits per heavy atom. The summed E-state index contributed by atoms with van der Waals surface area (Å²) in [6.45, 7) is 9.69. The minimum atomic E-state index is -1.52. The molecule has 1 aromatic rings. The van der Waals surface area contributed by atoms with Crippen molar-refractivity contribution in [2.45, 2.75) is 96.6 Å². The van der Waals surface area contributed by atoms with Crippen molar-refractivity contribution in [3.8, 4) is 0 Å². The summed E-state index contributed by atoms with van der Waals surface area (Å²) in [6, 6.07) is 8.45. The van der Waals surface area contributed by atoms with Crippen molar-refractivity contribution in [3.05, 3.63) is 47.0 Å². The molecule has 5 rings (SSSR count). The zero-order valence-electron chi connectivity index (χ0n) is 24.3. The fourth-order valence-electron chi connectivity index (χ4n) is 8.22. The maximum Gasteiger partial charge on any atom is 0.338 e. The summed E-state index contributed by atoms with van der Waals surface area (Å²) in [7, 11) is 0. The molecule has 10 heteroatoms. The molecule has 2 saturated carbocycles. The van der Waals surface area contributed by atoms with Crippen LogP contribution in [0.1, 0.15) is 64.7 Å². The molecule has 0 radical (unpaired) electrons. The Kier molecular flexibility index (Phi) is 7.38. The average molecular weight is 573 g/mol. The molecular weight excluding hydrogens is 532 g/mol. The first kappa shape index (κ1) is 29.7. The van der Waals surface area contributed by atoms with Crippen molar-refractivity contribution in [2.75, 3.05) is 6.61 Å². The Bertz CT molecular complexity index is 1260. The van der Waals surface area contributed by atoms with Gasteiger partial charge in [-0.1, -0.05) is 39.0 Å². The molecule has 0 aromatic heterocycles. The van der Waals surface area contributed by atoms with Gasteiger partial charge < -0.3 is 34.3 Å². The zero-order chi connectivity index (χ0) is 30.1. The number of hydrogen-bond donors (Lipinski definition) is 3. The van der Waals surface area contributed by atoms with Crippen molar-refractivity contribution in [1.82, 2.24) is 0 Å². The molecule has 2 unspecified atom stereocenters. The van der Waals surface area contributed by atoms with Crippen LogP contribution in [0.15, 0.2) is 41.5 Å². The van der Waals surface area contributed by atoms with Crippen molar-refractivity contribution in [2.24, 2.45) is 22.7 Å². The largest absolute Gasteiger partial charge is 0.458 e. The van der Waals surface area contributed by atoms with Crippen LogP contribution in [0.3, 0.4) is 0 Å². The van der Waals surface area contributed by atoms with Gasteiger partial charge in [0, 0.05) is 31.6 Å². The second-order valence-electron chi connectivity index (χ2n) is 12.8. The predicted molar refractivity (Wildman–Crippen MR) is 144 cm³/mol. The highest BCUT2D eigenvalue weighted by Crippen LogP contribution is 2.64. The maximum atomic E-state index is 13.7. The van der Waals surface area contributed by atoms with Crippen LogP contribution >= 0.6 is 0 Å². The van der Waals surface area contributed by atoms with Crippen LogP contribution in [0.2, 0.25) is 0 Å². The second kappa shape index (κ2) is 10.2. The standard InChI is InChI=1S/C31H40O10/c1-15-20(34)12-19-24(40-28(37)18-10-8-7-9-11-18)26-30(6,21(35)13-22-31(26,14-38-22)41-17(3)33)27(36)25(39-16(2)32)23(15)29(19,4)5/h7-11,19-22,24-27,34-36H,12-14H2,1-6H3/t19?,20-,21-,22+,24+,25+,26?,27+,30+,31-/m0/s1. The quantitative estimate of drug-likeness (QED) is 0.279. The lowest BCUT2D eigenvalue weighted by Gasteiger charge is -2.67. The minimum Gasteiger partial charge on any atom is -0.458 e. The molecule has 3 aliphatic carbocycles. The van der Waals surface area contributed by atoms with E-state index in [1.54, 1.807) is 44.2 Å². The third-order valence-corrected chi connectivity index (χ3v) is 10.2. The van der Waals surface area contributed by atoms with Crippen LogP contribution in [-0.2, 0) is 28.5 Å². The van der Waals surface area contributed by atoms with Crippen molar-refractivity contribution in [1.29, 1.82) is 0 Å². The average Bonchev–Trinajstić information content (AvgIpc) is 2.89. The molecule has 1 aliphatic heterocycles. The molecule has 0 spiro atoms. The van der Waals surface area contributed by atoms with Gasteiger partial charge in [-0.15, -0.1) is 0 Å². The van der Waals surface area contributed by atoms with E-state index in [1.165, 1.54) is 13.8 Å². The number of fused-ring (bicyclic) bond motifs is 5. The van der Waals surface area contributed by atoms with Crippen LogP contribution in [0.5, 0.6) is 0 Å². The van der Waals surface area contributed by atoms with Crippen LogP contribution < -0.4 is 0 Å². The van der Waals surface area contributed by atoms with E-state index in [-0.39, 0.29) is 19.4 Å². The molecule has 4 aliphatic rings. The summed E-state index contributed by atoms with van der Waals surface area (Å²) >= 11 is 0. The molecule has 1 heterocycles. The van der Waals surface area contributed by atoms with Crippen molar-refractivity contribution < 1.29 is 48.7 Å². The molecule has 2 bridgehead atoms. The molecule has 0 amide bonds. The number of hydrogen-bond acceptors (Lipinski definition) is 10. The number of carbonyl (C=O) groups excluding carboxylic acids is 3. The SMILES string of the molecule is CC(=O)O[C@@H]1C2=C(C)[C@@H](O)CC([C@@H](OC(=O)c3ccccc3)C3[C@](C)([C@@H]1O)[C@@H](O)C[C@H]1OC[C@@]31OC(C)=O)C2(C)C. The van der Waals surface area contributed by atoms with Gasteiger partial charge in [0.15, 0.2) is 11.7 Å². The summed E-state index contributed by atoms with van der Waals surface area (Å²) in [5, 5.41) is 35.3. The molecule has 10 nitrogen and oxygen atoms in total. The molecule has 41 heavy (non-hydrogen) atoms. The Hall–Kier alpha value is -2.79. The Morgan fingerprint density at radius 1 is 0.951 bits per heavy atom. The van der Waals surface area contributed by atoms with E-state index in [1.807, 2.05) is 13.8 Å². The van der Waals surface area contributed by atoms with Gasteiger partial charge in [0.2, 0.25) is 0 Å². The Labute approximate surface area is 239 Å². The highest BCUT2D eigenvalue weighted by molar-refractivity contribution is 5.89. The second-order valence-corrected chi connectivity index (χ2v) is 12.8. The first-order valence-electron chi connectivity index (χ1n) is 14.2. The summed E-state index contributed by atoms with van der Waals surface area (Å²) < 4.78 is 24.0. The fourth-order valence-corrected chi connectivity index (χ4v) is 8.22. The number of aliphatic hydroxyl groups excluding tert-OH is 3. The number of esters is 3. The van der Waals surface area contributed by atoms with E-state index in [4.69, 9.17) is 18.9 Å². The molecule has 3 N–H and O–H groups in total. The van der Waals surface area contributed by atoms with E-state index >= 15 is 0 Å². The van der Waals surface area contributed by atoms with Gasteiger partial charge in [0.25, 0.3) is 0 Å². The van der Waals surface area contributed by atoms with Gasteiger partial charge >= 0.3 is 17.9 Å². The molecule has 224 valence electrons. The third-order valence-electron chi connectivity index (χ3n) is 10.2. The van der Waals surface area contributed by atoms with Crippen LogP contribution in [0, 0.1) is 22.7 Å². The highest BCUT2D eigenvalue weighted by Gasteiger charge is 2.75. The Morgan fingerprint density at radius 3 is 2.17 bits per heavy atom. The Balaban J connectivity index is 1.79. The van der Waals surface area contributed by atoms with E-state index in [2.05, 4.69) is 0 Å². The summed E-state index contributed by atoms with van der Waals surface area (Å²) in [5.74, 6) is -3.43. The topological polar surface area (TPSA) is 149 Å². The van der Waals surface area contributed by atoms with Gasteiger partial charge in [-0.05, 0) is 42.0 Å². The molecule has 1 aromatic carbocycles. The van der Waals surface area contributed by atoms with Gasteiger partial charge in [-0.3, -0.25) is 9.59 Å². The maximum absolute atomic E-state index is 13.7. The van der Waals surface area contributed by atoms with E-state index in [0.717, 1.165) is 0 Å². The summed E-state index contributed by atoms with van der Waals surface area (Å²) in [6.07, 6.45) is -6.48. The van der Waals surface area contributed by atoms with Crippen LogP contribution in [0.4, 0.5) is 0 Å². The fraction of sp³-hybridized carbons (Fsp3) is 0.645. The first-order valence-corrected chi connectivity index (χ1v) is 14.2. The van der Waals surface area contributed by atoms with Crippen LogP contribution in [-0.4, -0.2) is 82.1 Å². The predicted octanol–water partition coefficient (Wildman–Crippen LogP) is 2.33. The third kappa shape index (κ3) is 4.42. The van der Waals surface area contributed by atoms with E-state index in [0.29, 0.717) is 16.7 Å². The lowest BCUT2D eigenvalue weighted by atomic mass is 9.45. The number of carbonyl (C=O) groups is 3. The molecule has 1 saturated heterocycles. The van der Waals surface area contributed by atoms with E-state index < -0.39 is 82.8 Å². The smallest absolute Gasteiger partial charge is 0.338 e. The monoisotopic (exact) mass is 572 g/mol. The summed E-state index contributed by atoms with van der Waals surface area (Å²) in [4.78, 5) is 38.7. The molecule has 3 fully saturated rings. The van der Waals surface area contributed by atoms with Crippen molar-refractivity contribution >= 4 is 17.9 Å². The van der Waals surface area contributed by atoms with E-state index in [9.17, 15) is 29.7 Å². The number of ether oxygens (including phenoxy) is 4. The number of benzene rings is 1. The minimum absolute atomic E-state index is 0.0357. The van der Waals surface area contributed by atoms with Crippen molar-refractivity contribution in [3.63, 3.8) is 0 Å². The number of aliphatic hydroxyl groups is 3. The first-order chi connectivity index (χ1) is 19.2. The highest BCUT2D eigenvalue weighted by atomic mass is 16.6. The van der Waals surface area contributed by atoms with Gasteiger partial charge in [-0.2, -0.15) is 0 Å². The van der Waals surface area contributed by atoms with Gasteiger partial charge in [-0.25, -0.2) is 4.79 Å². The lowest BCUT2D eigenvalue weighted by Crippen LogP contribution is -2.80. The number of rotatable bonds is 4. The van der Waals surface area contributed by atoms with Gasteiger partial charge in [0.1, 0.15) is 18.3 Å². The van der Waals surface area contributed by atoms with Crippen LogP contribution in [0.25, 0.3) is 0 Å². The zero-order valence-corrected chi connectivity index (χ0v) is 24.3.